The quantitative estimate of drug-likeness (QED) is 0.348. The fourth-order valence-electron chi connectivity index (χ4n) is 2.89. The Balaban J connectivity index is 1.58. The molecule has 2 N–H and O–H groups in total. The largest absolute Gasteiger partial charge is 0.455 e. The molecule has 0 spiro atoms. The number of non-ortho nitro benzene ring substituents is 1. The molecule has 3 aromatic carbocycles. The topological polar surface area (TPSA) is 160 Å². The van der Waals surface area contributed by atoms with Crippen molar-refractivity contribution in [2.45, 2.75) is 0 Å². The Morgan fingerprint density at radius 2 is 1.97 bits per heavy atom. The highest BCUT2D eigenvalue weighted by Gasteiger charge is 2.15. The second-order valence-corrected chi connectivity index (χ2v) is 6.41. The number of nitrogens with zero attached hydrogens (tertiary/aromatic N) is 5. The zero-order valence-corrected chi connectivity index (χ0v) is 16.2. The van der Waals surface area contributed by atoms with Crippen LogP contribution in [0.2, 0.25) is 0 Å². The van der Waals surface area contributed by atoms with E-state index in [1.54, 1.807) is 36.4 Å². The van der Waals surface area contributed by atoms with Crippen molar-refractivity contribution >= 4 is 17.3 Å². The van der Waals surface area contributed by atoms with Crippen LogP contribution in [-0.2, 0) is 0 Å². The van der Waals surface area contributed by atoms with Crippen molar-refractivity contribution in [2.75, 3.05) is 5.32 Å². The molecule has 0 atom stereocenters. The maximum Gasteiger partial charge on any atom is 0.270 e. The number of anilines is 1. The molecule has 0 bridgehead atoms. The number of H-pyrrole nitrogens is 1. The Morgan fingerprint density at radius 3 is 2.72 bits per heavy atom. The number of hydrogen-bond acceptors (Lipinski definition) is 8. The number of nitro groups is 1. The normalized spacial score (nSPS) is 10.2. The molecule has 156 valence electrons. The predicted octanol–water partition coefficient (Wildman–Crippen LogP) is 3.69. The van der Waals surface area contributed by atoms with Crippen molar-refractivity contribution in [1.29, 1.82) is 5.26 Å². The number of rotatable bonds is 6. The van der Waals surface area contributed by atoms with E-state index in [-0.39, 0.29) is 22.6 Å². The summed E-state index contributed by atoms with van der Waals surface area (Å²) in [5.74, 6) is 0.418. The number of carbonyl (C=O) groups excluding carboxylic acids is 1. The zero-order valence-electron chi connectivity index (χ0n) is 16.2. The summed E-state index contributed by atoms with van der Waals surface area (Å²) in [5.41, 5.74) is 1.06. The average Bonchev–Trinajstić information content (AvgIpc) is 3.35. The maximum absolute atomic E-state index is 12.6. The van der Waals surface area contributed by atoms with Gasteiger partial charge in [-0.3, -0.25) is 14.9 Å². The van der Waals surface area contributed by atoms with Crippen LogP contribution in [0.3, 0.4) is 0 Å². The number of aromatic nitrogens is 4. The molecule has 0 aliphatic carbocycles. The molecule has 0 saturated carbocycles. The second-order valence-electron chi connectivity index (χ2n) is 6.41. The first kappa shape index (κ1) is 20.2. The number of tetrazole rings is 1. The molecule has 1 amide bonds. The van der Waals surface area contributed by atoms with Gasteiger partial charge in [0.15, 0.2) is 5.75 Å². The molecule has 0 radical (unpaired) electrons. The van der Waals surface area contributed by atoms with Gasteiger partial charge in [0.05, 0.1) is 16.2 Å². The molecule has 0 aliphatic heterocycles. The van der Waals surface area contributed by atoms with Crippen molar-refractivity contribution < 1.29 is 14.5 Å². The van der Waals surface area contributed by atoms with E-state index in [2.05, 4.69) is 32.0 Å². The van der Waals surface area contributed by atoms with Crippen molar-refractivity contribution in [3.05, 3.63) is 88.0 Å². The molecule has 4 aromatic rings. The van der Waals surface area contributed by atoms with Crippen LogP contribution in [-0.4, -0.2) is 31.5 Å². The summed E-state index contributed by atoms with van der Waals surface area (Å²) in [6.45, 7) is 0. The average molecular weight is 427 g/mol. The molecule has 4 rings (SSSR count). The van der Waals surface area contributed by atoms with Gasteiger partial charge in [-0.2, -0.15) is 10.5 Å². The predicted molar refractivity (Wildman–Crippen MR) is 112 cm³/mol. The SMILES string of the molecule is N#Cc1cc(Oc2ccccc2NC(=O)c2cccc([N+](=O)[O-])c2)ccc1-c1nn[nH]n1. The van der Waals surface area contributed by atoms with Crippen LogP contribution >= 0.6 is 0 Å². The minimum atomic E-state index is -0.571. The second kappa shape index (κ2) is 8.72. The van der Waals surface area contributed by atoms with Crippen LogP contribution in [0, 0.1) is 21.4 Å². The summed E-state index contributed by atoms with van der Waals surface area (Å²) in [6.07, 6.45) is 0. The summed E-state index contributed by atoms with van der Waals surface area (Å²) in [7, 11) is 0. The van der Waals surface area contributed by atoms with Gasteiger partial charge >= 0.3 is 0 Å². The van der Waals surface area contributed by atoms with Crippen molar-refractivity contribution in [3.63, 3.8) is 0 Å². The first-order valence-electron chi connectivity index (χ1n) is 9.16. The number of hydrogen-bond donors (Lipinski definition) is 2. The lowest BCUT2D eigenvalue weighted by atomic mass is 10.1. The standard InChI is InChI=1S/C21H13N7O4/c22-12-14-11-16(8-9-17(14)20-24-26-27-25-20)32-19-7-2-1-6-18(19)23-21(29)13-4-3-5-15(10-13)28(30)31/h1-11H,(H,23,29)(H,24,25,26,27). The summed E-state index contributed by atoms with van der Waals surface area (Å²) >= 11 is 0. The molecular weight excluding hydrogens is 414 g/mol. The molecule has 1 aromatic heterocycles. The van der Waals surface area contributed by atoms with Crippen LogP contribution in [0.4, 0.5) is 11.4 Å². The third-order valence-electron chi connectivity index (χ3n) is 4.38. The maximum atomic E-state index is 12.6. The van der Waals surface area contributed by atoms with E-state index >= 15 is 0 Å². The van der Waals surface area contributed by atoms with Gasteiger partial charge in [0.1, 0.15) is 11.8 Å². The molecule has 0 aliphatic rings. The minimum Gasteiger partial charge on any atom is -0.455 e. The van der Waals surface area contributed by atoms with E-state index in [1.165, 1.54) is 30.3 Å². The van der Waals surface area contributed by atoms with Crippen LogP contribution in [0.25, 0.3) is 11.4 Å². The first-order valence-corrected chi connectivity index (χ1v) is 9.16. The number of nitriles is 1. The summed E-state index contributed by atoms with van der Waals surface area (Å²) in [6, 6.07) is 18.9. The van der Waals surface area contributed by atoms with Gasteiger partial charge in [0.2, 0.25) is 5.82 Å². The molecule has 32 heavy (non-hydrogen) atoms. The minimum absolute atomic E-state index is 0.130. The third-order valence-corrected chi connectivity index (χ3v) is 4.38. The van der Waals surface area contributed by atoms with Gasteiger partial charge in [-0.1, -0.05) is 18.2 Å². The van der Waals surface area contributed by atoms with Gasteiger partial charge in [-0.05, 0) is 41.6 Å². The number of nitrogens with one attached hydrogen (secondary N) is 2. The van der Waals surface area contributed by atoms with Crippen LogP contribution in [0.15, 0.2) is 66.7 Å². The molecule has 11 heteroatoms. The van der Waals surface area contributed by atoms with Gasteiger partial charge in [-0.15, -0.1) is 10.2 Å². The Labute approximate surface area is 180 Å². The van der Waals surface area contributed by atoms with E-state index in [1.807, 2.05) is 0 Å². The highest BCUT2D eigenvalue weighted by Crippen LogP contribution is 2.32. The first-order chi connectivity index (χ1) is 15.5. The van der Waals surface area contributed by atoms with E-state index < -0.39 is 10.8 Å². The van der Waals surface area contributed by atoms with Crippen molar-refractivity contribution in [3.8, 4) is 29.0 Å². The number of carbonyl (C=O) groups is 1. The monoisotopic (exact) mass is 427 g/mol. The number of nitro benzene ring substituents is 1. The molecular formula is C21H13N7O4. The molecule has 1 heterocycles. The number of amides is 1. The van der Waals surface area contributed by atoms with Gasteiger partial charge in [0.25, 0.3) is 11.6 Å². The van der Waals surface area contributed by atoms with Crippen LogP contribution in [0.5, 0.6) is 11.5 Å². The van der Waals surface area contributed by atoms with Gasteiger partial charge < -0.3 is 10.1 Å². The summed E-state index contributed by atoms with van der Waals surface area (Å²) in [5, 5.41) is 36.7. The highest BCUT2D eigenvalue weighted by molar-refractivity contribution is 6.05. The van der Waals surface area contributed by atoms with E-state index in [0.717, 1.165) is 0 Å². The van der Waals surface area contributed by atoms with Crippen molar-refractivity contribution in [1.82, 2.24) is 20.6 Å². The van der Waals surface area contributed by atoms with E-state index in [9.17, 15) is 20.2 Å². The van der Waals surface area contributed by atoms with Gasteiger partial charge in [0, 0.05) is 23.3 Å². The van der Waals surface area contributed by atoms with Gasteiger partial charge in [-0.25, -0.2) is 0 Å². The number of aromatic amines is 1. The molecule has 0 saturated heterocycles. The summed E-state index contributed by atoms with van der Waals surface area (Å²) < 4.78 is 5.88. The smallest absolute Gasteiger partial charge is 0.270 e. The molecule has 0 fully saturated rings. The zero-order chi connectivity index (χ0) is 22.5. The Morgan fingerprint density at radius 1 is 1.12 bits per heavy atom. The fourth-order valence-corrected chi connectivity index (χ4v) is 2.89. The highest BCUT2D eigenvalue weighted by atomic mass is 16.6. The van der Waals surface area contributed by atoms with E-state index in [4.69, 9.17) is 4.74 Å². The lowest BCUT2D eigenvalue weighted by Gasteiger charge is -2.13. The summed E-state index contributed by atoms with van der Waals surface area (Å²) in [4.78, 5) is 23.0. The van der Waals surface area contributed by atoms with E-state index in [0.29, 0.717) is 22.7 Å². The number of para-hydroxylation sites is 2. The Hall–Kier alpha value is -5.11. The Bertz CT molecular complexity index is 1350. The number of benzene rings is 3. The fraction of sp³-hybridized carbons (Fsp3) is 0. The van der Waals surface area contributed by atoms with Crippen molar-refractivity contribution in [2.24, 2.45) is 0 Å². The molecule has 0 unspecified atom stereocenters. The van der Waals surface area contributed by atoms with Crippen LogP contribution < -0.4 is 10.1 Å². The third kappa shape index (κ3) is 4.24. The lowest BCUT2D eigenvalue weighted by Crippen LogP contribution is -2.12. The lowest BCUT2D eigenvalue weighted by molar-refractivity contribution is -0.384. The molecule has 11 nitrogen and oxygen atoms in total. The van der Waals surface area contributed by atoms with Crippen LogP contribution in [0.1, 0.15) is 15.9 Å². The Kier molecular flexibility index (Phi) is 5.50. The number of ether oxygens (including phenoxy) is 1.